The first-order valence-corrected chi connectivity index (χ1v) is 19.2. The van der Waals surface area contributed by atoms with Crippen LogP contribution >= 0.6 is 0 Å². The highest BCUT2D eigenvalue weighted by Gasteiger charge is 2.75. The minimum Gasteiger partial charge on any atom is -0.508 e. The second-order valence-corrected chi connectivity index (χ2v) is 16.7. The van der Waals surface area contributed by atoms with Crippen molar-refractivity contribution in [2.24, 2.45) is 11.8 Å². The number of fused-ring (bicyclic) bond motifs is 3. The lowest BCUT2D eigenvalue weighted by atomic mass is 9.70. The maximum absolute atomic E-state index is 14.1. The normalized spacial score (nSPS) is 50.4. The number of aliphatic hydroxyl groups excluding tert-OH is 7. The van der Waals surface area contributed by atoms with Gasteiger partial charge in [0.2, 0.25) is 11.6 Å². The van der Waals surface area contributed by atoms with Crippen LogP contribution in [0.15, 0.2) is 24.3 Å². The van der Waals surface area contributed by atoms with Crippen LogP contribution in [0, 0.1) is 11.8 Å². The number of aromatic hydroxyl groups is 1. The van der Waals surface area contributed by atoms with Crippen molar-refractivity contribution in [2.45, 2.75) is 129 Å². The first kappa shape index (κ1) is 40.0. The number of ketones is 1. The summed E-state index contributed by atoms with van der Waals surface area (Å²) in [5, 5.41) is 94.1. The number of phenolic OH excluding ortho intramolecular Hbond substituents is 1. The van der Waals surface area contributed by atoms with Crippen LogP contribution in [0.4, 0.5) is 0 Å². The van der Waals surface area contributed by atoms with Crippen molar-refractivity contribution in [1.82, 2.24) is 0 Å². The number of ether oxygens (including phenoxy) is 7. The van der Waals surface area contributed by atoms with Crippen LogP contribution in [0.3, 0.4) is 0 Å². The van der Waals surface area contributed by atoms with E-state index in [0.29, 0.717) is 0 Å². The quantitative estimate of drug-likeness (QED) is 0.119. The highest BCUT2D eigenvalue weighted by Crippen LogP contribution is 2.53. The van der Waals surface area contributed by atoms with Gasteiger partial charge in [-0.05, 0) is 37.6 Å². The summed E-state index contributed by atoms with van der Waals surface area (Å²) in [7, 11) is -1.87. The molecule has 5 saturated heterocycles. The van der Waals surface area contributed by atoms with Crippen molar-refractivity contribution in [3.8, 4) is 5.75 Å². The Labute approximate surface area is 310 Å². The fraction of sp³-hybridized carbons (Fsp3) is 0.765. The van der Waals surface area contributed by atoms with Crippen LogP contribution in [-0.4, -0.2) is 183 Å². The van der Waals surface area contributed by atoms with Gasteiger partial charge in [-0.25, -0.2) is 4.79 Å². The van der Waals surface area contributed by atoms with Crippen molar-refractivity contribution in [1.29, 1.82) is 0 Å². The summed E-state index contributed by atoms with van der Waals surface area (Å²) < 4.78 is 55.0. The zero-order valence-corrected chi connectivity index (χ0v) is 30.0. The lowest BCUT2D eigenvalue weighted by molar-refractivity contribution is -0.369. The maximum atomic E-state index is 14.1. The largest absolute Gasteiger partial charge is 0.508 e. The van der Waals surface area contributed by atoms with Gasteiger partial charge in [0.15, 0.2) is 18.2 Å². The Kier molecular flexibility index (Phi) is 11.0. The van der Waals surface area contributed by atoms with Gasteiger partial charge in [-0.3, -0.25) is 9.00 Å². The van der Waals surface area contributed by atoms with Crippen LogP contribution < -0.4 is 0 Å². The van der Waals surface area contributed by atoms with E-state index in [1.165, 1.54) is 31.2 Å². The molecular weight excluding hydrogens is 744 g/mol. The first-order valence-electron chi connectivity index (χ1n) is 17.8. The Bertz CT molecular complexity index is 1580. The molecule has 7 rings (SSSR count). The molecule has 1 aliphatic carbocycles. The fourth-order valence-corrected chi connectivity index (χ4v) is 10.4. The zero-order valence-electron chi connectivity index (χ0n) is 29.2. The summed E-state index contributed by atoms with van der Waals surface area (Å²) >= 11 is 0. The summed E-state index contributed by atoms with van der Waals surface area (Å²) in [4.78, 5) is 27.1. The molecule has 0 amide bonds. The van der Waals surface area contributed by atoms with Crippen LogP contribution in [0.2, 0.25) is 0 Å². The van der Waals surface area contributed by atoms with E-state index in [2.05, 4.69) is 0 Å². The Balaban J connectivity index is 1.10. The summed E-state index contributed by atoms with van der Waals surface area (Å²) in [5.41, 5.74) is -2.43. The second-order valence-electron chi connectivity index (χ2n) is 15.0. The van der Waals surface area contributed by atoms with Crippen LogP contribution in [0.5, 0.6) is 5.75 Å². The van der Waals surface area contributed by atoms with Gasteiger partial charge < -0.3 is 79.1 Å². The molecular formula is C34H46O19S. The number of aliphatic hydroxyl groups is 8. The molecule has 20 heteroatoms. The Morgan fingerprint density at radius 1 is 0.926 bits per heavy atom. The van der Waals surface area contributed by atoms with E-state index in [4.69, 9.17) is 33.2 Å². The SMILES string of the molecule is C[C@@H]1CO[C@@]2(C[C@@H]1OC(=O)c1ccc(O)cc1)O[C@@H]1[C@@H]3[C@H](C[C@H](O)[C@]1(O)C2=O)[C@@H](O[C@@H]1O[C@H](C)[C@@H](O)[C@H](O)[C@H]1O[C@@H]1O[C@H](CO)[C@@H](O)[C@H](O)[C@H]1O)C[S@@]3=O. The first-order chi connectivity index (χ1) is 25.5. The number of esters is 1. The van der Waals surface area contributed by atoms with Gasteiger partial charge in [-0.2, -0.15) is 0 Å². The van der Waals surface area contributed by atoms with Gasteiger partial charge >= 0.3 is 5.97 Å². The zero-order chi connectivity index (χ0) is 39.0. The van der Waals surface area contributed by atoms with Crippen molar-refractivity contribution in [3.05, 3.63) is 29.8 Å². The van der Waals surface area contributed by atoms with E-state index in [1.54, 1.807) is 6.92 Å². The minimum absolute atomic E-state index is 0.0574. The fourth-order valence-electron chi connectivity index (χ4n) is 8.33. The van der Waals surface area contributed by atoms with Gasteiger partial charge in [0, 0.05) is 29.1 Å². The molecule has 1 spiro atoms. The molecule has 0 unspecified atom stereocenters. The van der Waals surface area contributed by atoms with E-state index >= 15 is 0 Å². The summed E-state index contributed by atoms with van der Waals surface area (Å²) in [6.45, 7) is 2.26. The van der Waals surface area contributed by atoms with Gasteiger partial charge in [0.25, 0.3) is 0 Å². The summed E-state index contributed by atoms with van der Waals surface area (Å²) in [6, 6.07) is 5.35. The molecule has 302 valence electrons. The molecule has 20 atom stereocenters. The van der Waals surface area contributed by atoms with Crippen LogP contribution in [0.25, 0.3) is 0 Å². The number of hydrogen-bond acceptors (Lipinski definition) is 19. The number of rotatable bonds is 7. The number of benzene rings is 1. The van der Waals surface area contributed by atoms with Crippen molar-refractivity contribution >= 4 is 22.6 Å². The molecule has 1 aromatic carbocycles. The van der Waals surface area contributed by atoms with E-state index in [1.807, 2.05) is 0 Å². The van der Waals surface area contributed by atoms with E-state index in [0.717, 1.165) is 0 Å². The van der Waals surface area contributed by atoms with Crippen molar-refractivity contribution in [3.63, 3.8) is 0 Å². The minimum atomic E-state index is -2.57. The monoisotopic (exact) mass is 790 g/mol. The topological polar surface area (TPSA) is 298 Å². The molecule has 19 nitrogen and oxygen atoms in total. The molecule has 54 heavy (non-hydrogen) atoms. The predicted octanol–water partition coefficient (Wildman–Crippen LogP) is -4.08. The van der Waals surface area contributed by atoms with Gasteiger partial charge in [-0.1, -0.05) is 6.92 Å². The van der Waals surface area contributed by atoms with Crippen molar-refractivity contribution < 1.29 is 92.9 Å². The second kappa shape index (κ2) is 14.9. The predicted molar refractivity (Wildman–Crippen MR) is 175 cm³/mol. The number of phenols is 1. The third-order valence-corrected chi connectivity index (χ3v) is 13.4. The van der Waals surface area contributed by atoms with E-state index in [-0.39, 0.29) is 36.5 Å². The van der Waals surface area contributed by atoms with Crippen LogP contribution in [-0.2, 0) is 48.8 Å². The highest BCUT2D eigenvalue weighted by molar-refractivity contribution is 7.86. The summed E-state index contributed by atoms with van der Waals surface area (Å²) in [6.07, 6.45) is -21.9. The Morgan fingerprint density at radius 2 is 1.63 bits per heavy atom. The van der Waals surface area contributed by atoms with Crippen molar-refractivity contribution in [2.75, 3.05) is 19.0 Å². The van der Waals surface area contributed by atoms with E-state index < -0.39 is 143 Å². The summed E-state index contributed by atoms with van der Waals surface area (Å²) in [5.74, 6) is -5.48. The van der Waals surface area contributed by atoms with Gasteiger partial charge in [0.1, 0.15) is 60.7 Å². The average Bonchev–Trinajstić information content (AvgIpc) is 3.56. The maximum Gasteiger partial charge on any atom is 0.338 e. The molecule has 0 bridgehead atoms. The van der Waals surface area contributed by atoms with Gasteiger partial charge in [-0.15, -0.1) is 0 Å². The number of carbonyl (C=O) groups excluding carboxylic acids is 2. The number of Topliss-reactive ketones (excluding diaryl/α,β-unsaturated/α-hetero) is 1. The molecule has 6 aliphatic rings. The molecule has 6 fully saturated rings. The van der Waals surface area contributed by atoms with E-state index in [9.17, 15) is 59.8 Å². The molecule has 0 radical (unpaired) electrons. The molecule has 1 saturated carbocycles. The average molecular weight is 791 g/mol. The number of hydrogen-bond donors (Lipinski definition) is 9. The molecule has 9 N–H and O–H groups in total. The molecule has 5 aliphatic heterocycles. The number of carbonyl (C=O) groups is 2. The Morgan fingerprint density at radius 3 is 2.31 bits per heavy atom. The third kappa shape index (κ3) is 6.61. The molecule has 5 heterocycles. The lowest BCUT2D eigenvalue weighted by Gasteiger charge is -2.47. The Hall–Kier alpha value is -2.25. The standard InChI is InChI=1S/C34H46O19S/c1-12-10-47-33(8-17(12)49-29(43)14-3-5-15(36)6-4-14)32(44)34(45)20(37)7-16-19(11-54(46)27(16)28(34)53-33)51-31-26(24(41)21(38)13(2)48-31)52-30-25(42)23(40)22(39)18(9-35)50-30/h3-6,12-13,16-28,30-31,35-42,45H,7-11H2,1-2H3/t12-,13-,16-,17+,18-,19+,20+,21-,22-,23+,24+,25-,26-,27+,28-,30+,31+,33+,34-,54+/m1/s1. The smallest absolute Gasteiger partial charge is 0.338 e. The molecule has 0 aromatic heterocycles. The van der Waals surface area contributed by atoms with Crippen LogP contribution in [0.1, 0.15) is 37.0 Å². The van der Waals surface area contributed by atoms with Gasteiger partial charge in [0.05, 0.1) is 48.1 Å². The highest BCUT2D eigenvalue weighted by atomic mass is 32.2. The lowest BCUT2D eigenvalue weighted by Crippen LogP contribution is -2.66. The third-order valence-electron chi connectivity index (χ3n) is 11.6. The molecule has 1 aromatic rings.